The van der Waals surface area contributed by atoms with Crippen LogP contribution in [0, 0.1) is 0 Å². The molecule has 1 rings (SSSR count). The first-order valence-electron chi connectivity index (χ1n) is 5.19. The lowest BCUT2D eigenvalue weighted by atomic mass is 10.1. The van der Waals surface area contributed by atoms with Crippen molar-refractivity contribution in [2.24, 2.45) is 0 Å². The summed E-state index contributed by atoms with van der Waals surface area (Å²) in [5.74, 6) is 0. The number of aliphatic hydroxyl groups excluding tert-OH is 1. The molecule has 0 aromatic carbocycles. The first kappa shape index (κ1) is 11.9. The Morgan fingerprint density at radius 2 is 2.14 bits per heavy atom. The highest BCUT2D eigenvalue weighted by atomic mass is 16.5. The quantitative estimate of drug-likeness (QED) is 0.668. The van der Waals surface area contributed by atoms with Crippen LogP contribution < -0.4 is 5.32 Å². The van der Waals surface area contributed by atoms with E-state index in [-0.39, 0.29) is 12.1 Å². The highest BCUT2D eigenvalue weighted by Crippen LogP contribution is 2.13. The van der Waals surface area contributed by atoms with Crippen LogP contribution in [0.25, 0.3) is 0 Å². The van der Waals surface area contributed by atoms with E-state index in [2.05, 4.69) is 5.32 Å². The van der Waals surface area contributed by atoms with Gasteiger partial charge in [0.1, 0.15) is 0 Å². The predicted octanol–water partition coefficient (Wildman–Crippen LogP) is 0.152. The average molecular weight is 203 g/mol. The van der Waals surface area contributed by atoms with Gasteiger partial charge in [-0.1, -0.05) is 0 Å². The summed E-state index contributed by atoms with van der Waals surface area (Å²) in [4.78, 5) is 0. The minimum atomic E-state index is -0.321. The molecule has 1 atom stereocenters. The fourth-order valence-electron chi connectivity index (χ4n) is 1.34. The van der Waals surface area contributed by atoms with Crippen LogP contribution in [0.2, 0.25) is 0 Å². The Morgan fingerprint density at radius 1 is 1.50 bits per heavy atom. The number of aliphatic hydroxyl groups is 1. The third kappa shape index (κ3) is 3.53. The van der Waals surface area contributed by atoms with E-state index in [1.54, 1.807) is 0 Å². The van der Waals surface area contributed by atoms with Gasteiger partial charge < -0.3 is 19.9 Å². The molecule has 1 saturated heterocycles. The first-order valence-corrected chi connectivity index (χ1v) is 5.19. The number of rotatable bonds is 5. The summed E-state index contributed by atoms with van der Waals surface area (Å²) >= 11 is 0. The number of nitrogens with one attached hydrogen (secondary N) is 1. The van der Waals surface area contributed by atoms with E-state index in [4.69, 9.17) is 14.6 Å². The highest BCUT2D eigenvalue weighted by Gasteiger charge is 2.24. The molecule has 0 aliphatic carbocycles. The van der Waals surface area contributed by atoms with Crippen molar-refractivity contribution >= 4 is 0 Å². The van der Waals surface area contributed by atoms with Crippen molar-refractivity contribution in [3.8, 4) is 0 Å². The zero-order valence-electron chi connectivity index (χ0n) is 9.08. The normalized spacial score (nSPS) is 23.4. The van der Waals surface area contributed by atoms with Crippen LogP contribution in [0.4, 0.5) is 0 Å². The van der Waals surface area contributed by atoms with Crippen LogP contribution in [0.15, 0.2) is 0 Å². The van der Waals surface area contributed by atoms with Gasteiger partial charge in [0.05, 0.1) is 24.9 Å². The smallest absolute Gasteiger partial charge is 0.0671 e. The summed E-state index contributed by atoms with van der Waals surface area (Å²) in [6.07, 6.45) is 2.22. The molecule has 4 heteroatoms. The van der Waals surface area contributed by atoms with E-state index >= 15 is 0 Å². The molecule has 0 aromatic rings. The maximum Gasteiger partial charge on any atom is 0.0671 e. The van der Waals surface area contributed by atoms with Crippen LogP contribution in [-0.2, 0) is 9.47 Å². The Morgan fingerprint density at radius 3 is 2.64 bits per heavy atom. The molecule has 0 amide bonds. The van der Waals surface area contributed by atoms with Crippen molar-refractivity contribution in [3.63, 3.8) is 0 Å². The topological polar surface area (TPSA) is 50.7 Å². The van der Waals surface area contributed by atoms with E-state index in [0.717, 1.165) is 26.1 Å². The summed E-state index contributed by atoms with van der Waals surface area (Å²) < 4.78 is 11.0. The van der Waals surface area contributed by atoms with Crippen LogP contribution in [0.3, 0.4) is 0 Å². The SMILES string of the molecule is CNC(C)(CO)COC1CCOCC1. The second kappa shape index (κ2) is 5.66. The second-order valence-electron chi connectivity index (χ2n) is 4.09. The van der Waals surface area contributed by atoms with Crippen LogP contribution in [-0.4, -0.2) is 50.2 Å². The summed E-state index contributed by atoms with van der Waals surface area (Å²) in [7, 11) is 1.84. The molecule has 0 bridgehead atoms. The van der Waals surface area contributed by atoms with Gasteiger partial charge in [0, 0.05) is 13.2 Å². The van der Waals surface area contributed by atoms with Crippen molar-refractivity contribution in [2.75, 3.05) is 33.5 Å². The van der Waals surface area contributed by atoms with Gasteiger partial charge in [-0.25, -0.2) is 0 Å². The van der Waals surface area contributed by atoms with Crippen molar-refractivity contribution in [1.29, 1.82) is 0 Å². The number of likely N-dealkylation sites (N-methyl/N-ethyl adjacent to an activating group) is 1. The number of hydrogen-bond acceptors (Lipinski definition) is 4. The maximum atomic E-state index is 9.15. The first-order chi connectivity index (χ1) is 6.70. The zero-order chi connectivity index (χ0) is 10.4. The molecule has 1 aliphatic heterocycles. The summed E-state index contributed by atoms with van der Waals surface area (Å²) in [5.41, 5.74) is -0.321. The molecule has 0 spiro atoms. The van der Waals surface area contributed by atoms with E-state index in [1.165, 1.54) is 0 Å². The van der Waals surface area contributed by atoms with Gasteiger partial charge in [-0.05, 0) is 26.8 Å². The monoisotopic (exact) mass is 203 g/mol. The second-order valence-corrected chi connectivity index (χ2v) is 4.09. The van der Waals surface area contributed by atoms with E-state index in [9.17, 15) is 0 Å². The standard InChI is InChI=1S/C10H21NO3/c1-10(7-12,11-2)8-14-9-3-5-13-6-4-9/h9,11-12H,3-8H2,1-2H3. The third-order valence-corrected chi connectivity index (χ3v) is 2.76. The molecule has 14 heavy (non-hydrogen) atoms. The molecule has 84 valence electrons. The summed E-state index contributed by atoms with van der Waals surface area (Å²) in [6, 6.07) is 0. The van der Waals surface area contributed by atoms with Gasteiger partial charge in [0.25, 0.3) is 0 Å². The Labute approximate surface area is 85.6 Å². The van der Waals surface area contributed by atoms with E-state index in [1.807, 2.05) is 14.0 Å². The summed E-state index contributed by atoms with van der Waals surface area (Å²) in [5, 5.41) is 12.2. The molecule has 0 aromatic heterocycles. The van der Waals surface area contributed by atoms with Crippen molar-refractivity contribution in [3.05, 3.63) is 0 Å². The largest absolute Gasteiger partial charge is 0.394 e. The molecule has 0 saturated carbocycles. The van der Waals surface area contributed by atoms with Crippen molar-refractivity contribution in [1.82, 2.24) is 5.32 Å². The Hall–Kier alpha value is -0.160. The molecule has 1 aliphatic rings. The molecule has 2 N–H and O–H groups in total. The predicted molar refractivity (Wildman–Crippen MR) is 54.3 cm³/mol. The molecule has 4 nitrogen and oxygen atoms in total. The minimum Gasteiger partial charge on any atom is -0.394 e. The lowest BCUT2D eigenvalue weighted by molar-refractivity contribution is -0.0553. The van der Waals surface area contributed by atoms with Gasteiger partial charge in [-0.15, -0.1) is 0 Å². The minimum absolute atomic E-state index is 0.0900. The fourth-order valence-corrected chi connectivity index (χ4v) is 1.34. The summed E-state index contributed by atoms with van der Waals surface area (Å²) in [6.45, 7) is 4.17. The van der Waals surface area contributed by atoms with Crippen molar-refractivity contribution < 1.29 is 14.6 Å². The van der Waals surface area contributed by atoms with E-state index < -0.39 is 0 Å². The van der Waals surface area contributed by atoms with Crippen LogP contribution in [0.5, 0.6) is 0 Å². The van der Waals surface area contributed by atoms with Gasteiger partial charge in [-0.3, -0.25) is 0 Å². The lowest BCUT2D eigenvalue weighted by Gasteiger charge is -2.30. The Balaban J connectivity index is 2.23. The number of ether oxygens (including phenoxy) is 2. The van der Waals surface area contributed by atoms with Crippen molar-refractivity contribution in [2.45, 2.75) is 31.4 Å². The average Bonchev–Trinajstić information content (AvgIpc) is 2.27. The third-order valence-electron chi connectivity index (χ3n) is 2.76. The lowest BCUT2D eigenvalue weighted by Crippen LogP contribution is -2.48. The van der Waals surface area contributed by atoms with Gasteiger partial charge in [0.2, 0.25) is 0 Å². The number of hydrogen-bond donors (Lipinski definition) is 2. The molecular formula is C10H21NO3. The zero-order valence-corrected chi connectivity index (χ0v) is 9.08. The van der Waals surface area contributed by atoms with Gasteiger partial charge in [0.15, 0.2) is 0 Å². The van der Waals surface area contributed by atoms with Gasteiger partial charge >= 0.3 is 0 Å². The van der Waals surface area contributed by atoms with Crippen LogP contribution in [0.1, 0.15) is 19.8 Å². The fraction of sp³-hybridized carbons (Fsp3) is 1.00. The van der Waals surface area contributed by atoms with E-state index in [0.29, 0.717) is 12.7 Å². The molecule has 1 fully saturated rings. The molecule has 1 heterocycles. The molecule has 0 radical (unpaired) electrons. The van der Waals surface area contributed by atoms with Gasteiger partial charge in [-0.2, -0.15) is 0 Å². The van der Waals surface area contributed by atoms with Crippen LogP contribution >= 0.6 is 0 Å². The Bertz CT molecular complexity index is 153. The highest BCUT2D eigenvalue weighted by molar-refractivity contribution is 4.80. The maximum absolute atomic E-state index is 9.15. The molecular weight excluding hydrogens is 182 g/mol. The molecule has 1 unspecified atom stereocenters. The Kier molecular flexibility index (Phi) is 4.81.